The zero-order valence-electron chi connectivity index (χ0n) is 7.32. The van der Waals surface area contributed by atoms with Gasteiger partial charge in [0.05, 0.1) is 17.1 Å². The van der Waals surface area contributed by atoms with E-state index in [4.69, 9.17) is 5.73 Å². The molecular weight excluding hydrogens is 186 g/mol. The highest BCUT2D eigenvalue weighted by atomic mass is 35.5. The molecule has 0 aliphatic rings. The number of aromatic amines is 1. The zero-order chi connectivity index (χ0) is 8.55. The minimum absolute atomic E-state index is 0. The van der Waals surface area contributed by atoms with Crippen LogP contribution < -0.4 is 5.73 Å². The average Bonchev–Trinajstić information content (AvgIpc) is 2.46. The minimum Gasteiger partial charge on any atom is -0.341 e. The van der Waals surface area contributed by atoms with Gasteiger partial charge in [-0.1, -0.05) is 12.1 Å². The number of benzene rings is 1. The number of nitrogens with one attached hydrogen (secondary N) is 1. The Balaban J connectivity index is 0.000000845. The third-order valence-corrected chi connectivity index (χ3v) is 1.84. The first-order chi connectivity index (χ1) is 5.77. The number of rotatable bonds is 1. The molecule has 0 amide bonds. The van der Waals surface area contributed by atoms with Gasteiger partial charge >= 0.3 is 0 Å². The van der Waals surface area contributed by atoms with Gasteiger partial charge in [0, 0.05) is 0 Å². The fraction of sp³-hybridized carbons (Fsp3) is 0.222. The number of imidazole rings is 1. The number of nitrogens with two attached hydrogens (primary N) is 1. The first kappa shape index (κ1) is 10.0. The van der Waals surface area contributed by atoms with Gasteiger partial charge < -0.3 is 10.7 Å². The van der Waals surface area contributed by atoms with Crippen molar-refractivity contribution in [3.8, 4) is 0 Å². The van der Waals surface area contributed by atoms with Crippen molar-refractivity contribution in [2.75, 3.05) is 0 Å². The molecule has 3 N–H and O–H groups in total. The Bertz CT molecular complexity index is 361. The molecule has 1 aromatic heterocycles. The van der Waals surface area contributed by atoms with Crippen LogP contribution in [0.2, 0.25) is 0 Å². The molecule has 1 atom stereocenters. The Labute approximate surface area is 82.8 Å². The van der Waals surface area contributed by atoms with Gasteiger partial charge in [0.25, 0.3) is 0 Å². The normalized spacial score (nSPS) is 12.5. The van der Waals surface area contributed by atoms with Crippen LogP contribution in [0.3, 0.4) is 0 Å². The maximum Gasteiger partial charge on any atom is 0.123 e. The van der Waals surface area contributed by atoms with E-state index >= 15 is 0 Å². The van der Waals surface area contributed by atoms with Crippen molar-refractivity contribution in [2.45, 2.75) is 13.0 Å². The number of H-pyrrole nitrogens is 1. The molecule has 0 aliphatic heterocycles. The van der Waals surface area contributed by atoms with Crippen LogP contribution in [0, 0.1) is 0 Å². The highest BCUT2D eigenvalue weighted by Gasteiger charge is 2.04. The van der Waals surface area contributed by atoms with Gasteiger partial charge in [0.15, 0.2) is 0 Å². The van der Waals surface area contributed by atoms with Crippen molar-refractivity contribution in [1.82, 2.24) is 9.97 Å². The Hall–Kier alpha value is -1.06. The van der Waals surface area contributed by atoms with Crippen molar-refractivity contribution in [3.63, 3.8) is 0 Å². The van der Waals surface area contributed by atoms with Crippen molar-refractivity contribution >= 4 is 23.4 Å². The van der Waals surface area contributed by atoms with Gasteiger partial charge in [-0.25, -0.2) is 4.98 Å². The summed E-state index contributed by atoms with van der Waals surface area (Å²) in [5, 5.41) is 0. The lowest BCUT2D eigenvalue weighted by Crippen LogP contribution is -2.06. The standard InChI is InChI=1S/C9H11N3.ClH/c1-6(10)9-11-7-4-2-3-5-8(7)12-9;/h2-6H,10H2,1H3,(H,11,12);1H/t6-;/m0./s1. The Morgan fingerprint density at radius 1 is 1.38 bits per heavy atom. The SMILES string of the molecule is C[C@H](N)c1nc2ccccc2[nH]1.Cl. The third-order valence-electron chi connectivity index (χ3n) is 1.84. The quantitative estimate of drug-likeness (QED) is 0.735. The lowest BCUT2D eigenvalue weighted by atomic mass is 10.3. The smallest absolute Gasteiger partial charge is 0.123 e. The summed E-state index contributed by atoms with van der Waals surface area (Å²) in [6.45, 7) is 1.91. The van der Waals surface area contributed by atoms with Crippen LogP contribution in [0.15, 0.2) is 24.3 Å². The second-order valence-electron chi connectivity index (χ2n) is 2.93. The van der Waals surface area contributed by atoms with Crippen LogP contribution in [0.5, 0.6) is 0 Å². The van der Waals surface area contributed by atoms with E-state index in [9.17, 15) is 0 Å². The summed E-state index contributed by atoms with van der Waals surface area (Å²) in [5.41, 5.74) is 7.71. The van der Waals surface area contributed by atoms with E-state index in [0.29, 0.717) is 0 Å². The number of fused-ring (bicyclic) bond motifs is 1. The van der Waals surface area contributed by atoms with E-state index in [0.717, 1.165) is 16.9 Å². The van der Waals surface area contributed by atoms with E-state index in [2.05, 4.69) is 9.97 Å². The van der Waals surface area contributed by atoms with Crippen molar-refractivity contribution in [2.24, 2.45) is 5.73 Å². The molecule has 13 heavy (non-hydrogen) atoms. The maximum absolute atomic E-state index is 5.68. The van der Waals surface area contributed by atoms with Gasteiger partial charge in [-0.2, -0.15) is 0 Å². The highest BCUT2D eigenvalue weighted by molar-refractivity contribution is 5.85. The van der Waals surface area contributed by atoms with E-state index in [1.807, 2.05) is 31.2 Å². The average molecular weight is 198 g/mol. The molecule has 3 nitrogen and oxygen atoms in total. The molecule has 0 fully saturated rings. The summed E-state index contributed by atoms with van der Waals surface area (Å²) < 4.78 is 0. The Kier molecular flexibility index (Phi) is 2.90. The Morgan fingerprint density at radius 3 is 2.69 bits per heavy atom. The maximum atomic E-state index is 5.68. The summed E-state index contributed by atoms with van der Waals surface area (Å²) in [4.78, 5) is 7.49. The predicted molar refractivity (Wildman–Crippen MR) is 55.9 cm³/mol. The van der Waals surface area contributed by atoms with Gasteiger partial charge in [-0.15, -0.1) is 12.4 Å². The van der Waals surface area contributed by atoms with Crippen molar-refractivity contribution < 1.29 is 0 Å². The van der Waals surface area contributed by atoms with Gasteiger partial charge in [0.2, 0.25) is 0 Å². The van der Waals surface area contributed by atoms with E-state index in [1.54, 1.807) is 0 Å². The molecule has 1 aromatic carbocycles. The van der Waals surface area contributed by atoms with E-state index in [-0.39, 0.29) is 18.4 Å². The molecule has 0 saturated heterocycles. The molecule has 0 radical (unpaired) electrons. The van der Waals surface area contributed by atoms with Crippen LogP contribution in [0.25, 0.3) is 11.0 Å². The van der Waals surface area contributed by atoms with Gasteiger partial charge in [0.1, 0.15) is 5.82 Å². The van der Waals surface area contributed by atoms with Crippen LogP contribution in [0.1, 0.15) is 18.8 Å². The highest BCUT2D eigenvalue weighted by Crippen LogP contribution is 2.13. The van der Waals surface area contributed by atoms with Crippen LogP contribution >= 0.6 is 12.4 Å². The number of para-hydroxylation sites is 2. The van der Waals surface area contributed by atoms with Crippen LogP contribution in [0.4, 0.5) is 0 Å². The summed E-state index contributed by atoms with van der Waals surface area (Å²) in [7, 11) is 0. The monoisotopic (exact) mass is 197 g/mol. The van der Waals surface area contributed by atoms with Crippen molar-refractivity contribution in [3.05, 3.63) is 30.1 Å². The predicted octanol–water partition coefficient (Wildman–Crippen LogP) is 2.00. The lowest BCUT2D eigenvalue weighted by Gasteiger charge is -1.96. The Morgan fingerprint density at radius 2 is 2.08 bits per heavy atom. The third kappa shape index (κ3) is 1.82. The van der Waals surface area contributed by atoms with Crippen LogP contribution in [-0.2, 0) is 0 Å². The number of hydrogen-bond acceptors (Lipinski definition) is 2. The molecule has 1 heterocycles. The van der Waals surface area contributed by atoms with Crippen LogP contribution in [-0.4, -0.2) is 9.97 Å². The first-order valence-electron chi connectivity index (χ1n) is 3.97. The lowest BCUT2D eigenvalue weighted by molar-refractivity contribution is 0.760. The van der Waals surface area contributed by atoms with E-state index in [1.165, 1.54) is 0 Å². The minimum atomic E-state index is -0.0302. The van der Waals surface area contributed by atoms with Gasteiger partial charge in [-0.3, -0.25) is 0 Å². The molecule has 2 aromatic rings. The number of hydrogen-bond donors (Lipinski definition) is 2. The summed E-state index contributed by atoms with van der Waals surface area (Å²) in [6.07, 6.45) is 0. The fourth-order valence-corrected chi connectivity index (χ4v) is 1.19. The molecule has 0 aliphatic carbocycles. The topological polar surface area (TPSA) is 54.7 Å². The molecule has 0 saturated carbocycles. The zero-order valence-corrected chi connectivity index (χ0v) is 8.14. The second-order valence-corrected chi connectivity index (χ2v) is 2.93. The summed E-state index contributed by atoms with van der Waals surface area (Å²) in [5.74, 6) is 0.844. The summed E-state index contributed by atoms with van der Waals surface area (Å²) >= 11 is 0. The van der Waals surface area contributed by atoms with Crippen molar-refractivity contribution in [1.29, 1.82) is 0 Å². The largest absolute Gasteiger partial charge is 0.341 e. The van der Waals surface area contributed by atoms with Gasteiger partial charge in [-0.05, 0) is 19.1 Å². The number of halogens is 1. The first-order valence-corrected chi connectivity index (χ1v) is 3.97. The molecule has 0 bridgehead atoms. The second kappa shape index (κ2) is 3.77. The summed E-state index contributed by atoms with van der Waals surface area (Å²) in [6, 6.07) is 7.88. The molecule has 0 spiro atoms. The number of nitrogens with zero attached hydrogens (tertiary/aromatic N) is 1. The fourth-order valence-electron chi connectivity index (χ4n) is 1.19. The molecule has 0 unspecified atom stereocenters. The molecule has 4 heteroatoms. The van der Waals surface area contributed by atoms with E-state index < -0.39 is 0 Å². The molecule has 70 valence electrons. The molecular formula is C9H12ClN3. The number of aromatic nitrogens is 2. The molecule has 2 rings (SSSR count).